The van der Waals surface area contributed by atoms with Crippen LogP contribution >= 0.6 is 0 Å². The van der Waals surface area contributed by atoms with E-state index in [1.807, 2.05) is 16.9 Å². The highest BCUT2D eigenvalue weighted by Gasteiger charge is 2.27. The molecule has 0 amide bonds. The van der Waals surface area contributed by atoms with Gasteiger partial charge in [-0.25, -0.2) is 0 Å². The molecule has 0 bridgehead atoms. The van der Waals surface area contributed by atoms with Crippen LogP contribution in [0.3, 0.4) is 0 Å². The van der Waals surface area contributed by atoms with Crippen molar-refractivity contribution in [2.24, 2.45) is 7.05 Å². The molecule has 0 unspecified atom stereocenters. The molecule has 0 aliphatic heterocycles. The Kier molecular flexibility index (Phi) is 3.90. The molecule has 0 saturated carbocycles. The lowest BCUT2D eigenvalue weighted by molar-refractivity contribution is -0.738. The predicted octanol–water partition coefficient (Wildman–Crippen LogP) is 4.34. The summed E-state index contributed by atoms with van der Waals surface area (Å²) >= 11 is 0. The van der Waals surface area contributed by atoms with Gasteiger partial charge in [0, 0.05) is 11.1 Å². The van der Waals surface area contributed by atoms with E-state index >= 15 is 0 Å². The van der Waals surface area contributed by atoms with Gasteiger partial charge in [-0.05, 0) is 23.9 Å². The molecule has 0 fully saturated rings. The molecule has 122 valence electrons. The topological polar surface area (TPSA) is 21.7 Å². The summed E-state index contributed by atoms with van der Waals surface area (Å²) in [6.45, 7) is 2.09. The Labute approximate surface area is 147 Å². The molecule has 1 heterocycles. The van der Waals surface area contributed by atoms with Crippen LogP contribution in [0.2, 0.25) is 0 Å². The first kappa shape index (κ1) is 15.3. The maximum Gasteiger partial charge on any atom is 0.257 e. The molecule has 4 rings (SSSR count). The normalized spacial score (nSPS) is 10.8. The Hall–Kier alpha value is -3.20. The summed E-state index contributed by atoms with van der Waals surface area (Å²) in [6, 6.07) is 29.2. The molecule has 25 heavy (non-hydrogen) atoms. The Morgan fingerprint density at radius 2 is 1.28 bits per heavy atom. The van der Waals surface area contributed by atoms with Crippen LogP contribution in [-0.4, -0.2) is 9.90 Å². The third kappa shape index (κ3) is 2.85. The molecule has 0 spiro atoms. The molecular formula is C22H20N3+. The van der Waals surface area contributed by atoms with E-state index < -0.39 is 0 Å². The maximum absolute atomic E-state index is 4.94. The van der Waals surface area contributed by atoms with Crippen LogP contribution in [0.15, 0.2) is 84.9 Å². The van der Waals surface area contributed by atoms with E-state index in [0.29, 0.717) is 0 Å². The standard InChI is InChI=1S/C22H20N3/c1-17-13-15-20(16-14-17)25-23-21(18-9-5-3-6-10-18)22(24(25)2)19-11-7-4-8-12-19/h3-16H,1-2H3/q+1. The number of nitrogens with zero attached hydrogens (tertiary/aromatic N) is 3. The van der Waals surface area contributed by atoms with Crippen LogP contribution < -0.4 is 4.68 Å². The van der Waals surface area contributed by atoms with Crippen molar-refractivity contribution in [3.8, 4) is 28.2 Å². The fourth-order valence-electron chi connectivity index (χ4n) is 3.08. The highest BCUT2D eigenvalue weighted by atomic mass is 15.5. The third-order valence-corrected chi connectivity index (χ3v) is 4.39. The Morgan fingerprint density at radius 3 is 1.88 bits per heavy atom. The van der Waals surface area contributed by atoms with Gasteiger partial charge in [-0.3, -0.25) is 0 Å². The Bertz CT molecular complexity index is 985. The zero-order chi connectivity index (χ0) is 17.2. The van der Waals surface area contributed by atoms with Gasteiger partial charge in [-0.15, -0.1) is 0 Å². The number of hydrogen-bond acceptors (Lipinski definition) is 1. The van der Waals surface area contributed by atoms with Crippen molar-refractivity contribution in [1.29, 1.82) is 0 Å². The molecule has 0 aliphatic rings. The van der Waals surface area contributed by atoms with Gasteiger partial charge in [0.25, 0.3) is 5.69 Å². The molecule has 0 N–H and O–H groups in total. The lowest BCUT2D eigenvalue weighted by Crippen LogP contribution is -2.40. The Balaban J connectivity index is 1.97. The monoisotopic (exact) mass is 326 g/mol. The summed E-state index contributed by atoms with van der Waals surface area (Å²) in [5.41, 5.74) is 6.64. The van der Waals surface area contributed by atoms with E-state index in [2.05, 4.69) is 91.4 Å². The van der Waals surface area contributed by atoms with Gasteiger partial charge in [0.2, 0.25) is 5.69 Å². The minimum atomic E-state index is 0.981. The SMILES string of the molecule is Cc1ccc(-n2nc(-c3ccccc3)c(-c3ccccc3)[n+]2C)cc1. The summed E-state index contributed by atoms with van der Waals surface area (Å²) in [4.78, 5) is 1.96. The van der Waals surface area contributed by atoms with Crippen molar-refractivity contribution in [3.63, 3.8) is 0 Å². The highest BCUT2D eigenvalue weighted by Crippen LogP contribution is 2.28. The molecular weight excluding hydrogens is 306 g/mol. The van der Waals surface area contributed by atoms with E-state index in [1.54, 1.807) is 0 Å². The molecule has 4 aromatic rings. The van der Waals surface area contributed by atoms with E-state index in [0.717, 1.165) is 28.2 Å². The summed E-state index contributed by atoms with van der Waals surface area (Å²) < 4.78 is 2.11. The van der Waals surface area contributed by atoms with Crippen LogP contribution in [0.1, 0.15) is 5.56 Å². The first-order chi connectivity index (χ1) is 12.2. The van der Waals surface area contributed by atoms with Crippen molar-refractivity contribution in [2.75, 3.05) is 0 Å². The number of aromatic nitrogens is 3. The number of hydrogen-bond donors (Lipinski definition) is 0. The third-order valence-electron chi connectivity index (χ3n) is 4.39. The molecule has 3 aromatic carbocycles. The van der Waals surface area contributed by atoms with E-state index in [9.17, 15) is 0 Å². The second kappa shape index (κ2) is 6.36. The molecule has 0 radical (unpaired) electrons. The molecule has 0 aliphatic carbocycles. The second-order valence-electron chi connectivity index (χ2n) is 6.18. The number of rotatable bonds is 3. The lowest BCUT2D eigenvalue weighted by Gasteiger charge is -2.01. The fourth-order valence-corrected chi connectivity index (χ4v) is 3.08. The van der Waals surface area contributed by atoms with E-state index in [-0.39, 0.29) is 0 Å². The van der Waals surface area contributed by atoms with Gasteiger partial charge in [0.1, 0.15) is 12.7 Å². The van der Waals surface area contributed by atoms with Crippen LogP contribution in [0.25, 0.3) is 28.2 Å². The molecule has 0 atom stereocenters. The minimum absolute atomic E-state index is 0.981. The molecule has 1 aromatic heterocycles. The van der Waals surface area contributed by atoms with Crippen molar-refractivity contribution in [2.45, 2.75) is 6.92 Å². The largest absolute Gasteiger partial charge is 0.257 e. The van der Waals surface area contributed by atoms with Crippen LogP contribution in [0, 0.1) is 6.92 Å². The van der Waals surface area contributed by atoms with Crippen LogP contribution in [-0.2, 0) is 7.05 Å². The zero-order valence-corrected chi connectivity index (χ0v) is 14.4. The Morgan fingerprint density at radius 1 is 0.720 bits per heavy atom. The van der Waals surface area contributed by atoms with Crippen molar-refractivity contribution >= 4 is 0 Å². The van der Waals surface area contributed by atoms with Gasteiger partial charge in [0.05, 0.1) is 5.10 Å². The maximum atomic E-state index is 4.94. The molecule has 0 saturated heterocycles. The van der Waals surface area contributed by atoms with Gasteiger partial charge < -0.3 is 0 Å². The molecule has 3 heteroatoms. The molecule has 3 nitrogen and oxygen atoms in total. The zero-order valence-electron chi connectivity index (χ0n) is 14.4. The summed E-state index contributed by atoms with van der Waals surface area (Å²) in [7, 11) is 2.06. The first-order valence-electron chi connectivity index (χ1n) is 8.41. The first-order valence-corrected chi connectivity index (χ1v) is 8.41. The van der Waals surface area contributed by atoms with Crippen LogP contribution in [0.4, 0.5) is 0 Å². The van der Waals surface area contributed by atoms with Crippen molar-refractivity contribution < 1.29 is 4.68 Å². The summed E-state index contributed by atoms with van der Waals surface area (Å²) in [6.07, 6.45) is 0. The van der Waals surface area contributed by atoms with Crippen molar-refractivity contribution in [1.82, 2.24) is 9.90 Å². The average molecular weight is 326 g/mol. The quantitative estimate of drug-likeness (QED) is 0.513. The lowest BCUT2D eigenvalue weighted by atomic mass is 10.1. The van der Waals surface area contributed by atoms with Gasteiger partial charge >= 0.3 is 0 Å². The minimum Gasteiger partial charge on any atom is -0.150 e. The number of aryl methyl sites for hydroxylation is 1. The predicted molar refractivity (Wildman–Crippen MR) is 100 cm³/mol. The number of benzene rings is 3. The highest BCUT2D eigenvalue weighted by molar-refractivity contribution is 5.75. The average Bonchev–Trinajstić information content (AvgIpc) is 3.01. The van der Waals surface area contributed by atoms with E-state index in [4.69, 9.17) is 5.10 Å². The summed E-state index contributed by atoms with van der Waals surface area (Å²) in [5.74, 6) is 0. The van der Waals surface area contributed by atoms with Crippen LogP contribution in [0.5, 0.6) is 0 Å². The second-order valence-corrected chi connectivity index (χ2v) is 6.18. The van der Waals surface area contributed by atoms with E-state index in [1.165, 1.54) is 5.56 Å². The van der Waals surface area contributed by atoms with Gasteiger partial charge in [-0.2, -0.15) is 4.68 Å². The summed E-state index contributed by atoms with van der Waals surface area (Å²) in [5, 5.41) is 4.94. The van der Waals surface area contributed by atoms with Crippen molar-refractivity contribution in [3.05, 3.63) is 90.5 Å². The van der Waals surface area contributed by atoms with Gasteiger partial charge in [0.15, 0.2) is 0 Å². The smallest absolute Gasteiger partial charge is 0.150 e. The fraction of sp³-hybridized carbons (Fsp3) is 0.0909. The van der Waals surface area contributed by atoms with Gasteiger partial charge in [-0.1, -0.05) is 78.4 Å².